The lowest BCUT2D eigenvalue weighted by molar-refractivity contribution is -0.143. The quantitative estimate of drug-likeness (QED) is 0.563. The van der Waals surface area contributed by atoms with Crippen LogP contribution in [0.15, 0.2) is 51.5 Å². The number of hydrogen-bond donors (Lipinski definition) is 0. The molecule has 0 bridgehead atoms. The minimum atomic E-state index is -0.973. The zero-order valence-electron chi connectivity index (χ0n) is 10.2. The van der Waals surface area contributed by atoms with Crippen LogP contribution in [0.3, 0.4) is 0 Å². The van der Waals surface area contributed by atoms with Crippen molar-refractivity contribution in [2.24, 2.45) is 15.4 Å². The Morgan fingerprint density at radius 2 is 2.26 bits per heavy atom. The molecule has 0 aromatic rings. The monoisotopic (exact) mass is 261 g/mol. The largest absolute Gasteiger partial charge is 0.463 e. The maximum atomic E-state index is 11.8. The number of ether oxygens (including phenoxy) is 2. The predicted molar refractivity (Wildman–Crippen MR) is 65.2 cm³/mol. The van der Waals surface area contributed by atoms with Crippen molar-refractivity contribution >= 4 is 17.7 Å². The van der Waals surface area contributed by atoms with E-state index >= 15 is 0 Å². The summed E-state index contributed by atoms with van der Waals surface area (Å²) in [6, 6.07) is 0. The van der Waals surface area contributed by atoms with Crippen molar-refractivity contribution in [3.63, 3.8) is 0 Å². The van der Waals surface area contributed by atoms with Gasteiger partial charge in [-0.05, 0) is 24.3 Å². The van der Waals surface area contributed by atoms with Crippen LogP contribution in [0.4, 0.5) is 0 Å². The van der Waals surface area contributed by atoms with Crippen molar-refractivity contribution in [2.75, 3.05) is 6.61 Å². The summed E-state index contributed by atoms with van der Waals surface area (Å²) in [5.41, 5.74) is 0.933. The molecule has 0 spiro atoms. The van der Waals surface area contributed by atoms with Crippen LogP contribution in [-0.4, -0.2) is 30.4 Å². The molecular weight excluding hydrogens is 250 g/mol. The zero-order valence-corrected chi connectivity index (χ0v) is 10.2. The summed E-state index contributed by atoms with van der Waals surface area (Å²) in [7, 11) is 0. The standard InChI is InChI=1S/C12H11N3O4/c1-3-9(16)19-11-7(12(17)18-4-2)5-6-8-10(11)14-15-13-8/h3,5-6,11H,1,4H2,2H3. The van der Waals surface area contributed by atoms with Gasteiger partial charge in [0.2, 0.25) is 0 Å². The number of carbonyl (C=O) groups excluding carboxylic acids is 2. The van der Waals surface area contributed by atoms with Crippen molar-refractivity contribution < 1.29 is 19.1 Å². The smallest absolute Gasteiger partial charge is 0.338 e. The van der Waals surface area contributed by atoms with Gasteiger partial charge in [0.25, 0.3) is 0 Å². The molecule has 7 heteroatoms. The maximum Gasteiger partial charge on any atom is 0.338 e. The van der Waals surface area contributed by atoms with Gasteiger partial charge in [0.15, 0.2) is 6.10 Å². The first-order chi connectivity index (χ1) is 9.17. The fourth-order valence-corrected chi connectivity index (χ4v) is 1.60. The van der Waals surface area contributed by atoms with Crippen LogP contribution in [0, 0.1) is 0 Å². The Kier molecular flexibility index (Phi) is 3.65. The molecule has 7 nitrogen and oxygen atoms in total. The second-order valence-electron chi connectivity index (χ2n) is 3.59. The first kappa shape index (κ1) is 12.9. The van der Waals surface area contributed by atoms with Gasteiger partial charge in [0.05, 0.1) is 12.2 Å². The topological polar surface area (TPSA) is 89.7 Å². The van der Waals surface area contributed by atoms with Gasteiger partial charge >= 0.3 is 11.9 Å². The molecule has 0 saturated carbocycles. The lowest BCUT2D eigenvalue weighted by Gasteiger charge is -2.21. The van der Waals surface area contributed by atoms with Crippen molar-refractivity contribution in [1.29, 1.82) is 0 Å². The molecule has 2 rings (SSSR count). The number of carbonyl (C=O) groups is 2. The number of fused-ring (bicyclic) bond motifs is 1. The first-order valence-corrected chi connectivity index (χ1v) is 5.58. The van der Waals surface area contributed by atoms with Gasteiger partial charge in [-0.3, -0.25) is 0 Å². The van der Waals surface area contributed by atoms with Crippen molar-refractivity contribution in [3.8, 4) is 0 Å². The average molecular weight is 261 g/mol. The second kappa shape index (κ2) is 5.38. The van der Waals surface area contributed by atoms with E-state index in [2.05, 4.69) is 22.0 Å². The summed E-state index contributed by atoms with van der Waals surface area (Å²) in [5.74, 6) is -1.25. The highest BCUT2D eigenvalue weighted by atomic mass is 16.6. The Morgan fingerprint density at radius 3 is 2.95 bits per heavy atom. The fraction of sp³-hybridized carbons (Fsp3) is 0.250. The number of nitrogens with zero attached hydrogens (tertiary/aromatic N) is 3. The summed E-state index contributed by atoms with van der Waals surface area (Å²) < 4.78 is 10.0. The van der Waals surface area contributed by atoms with Crippen LogP contribution in [0.2, 0.25) is 0 Å². The third-order valence-corrected chi connectivity index (χ3v) is 2.43. The summed E-state index contributed by atoms with van der Waals surface area (Å²) in [5, 5.41) is 11.0. The second-order valence-corrected chi connectivity index (χ2v) is 3.59. The molecule has 98 valence electrons. The van der Waals surface area contributed by atoms with E-state index in [0.717, 1.165) is 6.08 Å². The third kappa shape index (κ3) is 2.49. The minimum Gasteiger partial charge on any atom is -0.463 e. The van der Waals surface area contributed by atoms with Gasteiger partial charge in [0.1, 0.15) is 11.4 Å². The van der Waals surface area contributed by atoms with Gasteiger partial charge in [0, 0.05) is 6.08 Å². The van der Waals surface area contributed by atoms with Crippen molar-refractivity contribution in [3.05, 3.63) is 36.1 Å². The summed E-state index contributed by atoms with van der Waals surface area (Å²) in [6.45, 7) is 5.21. The highest BCUT2D eigenvalue weighted by Gasteiger charge is 2.36. The molecular formula is C12H11N3O4. The van der Waals surface area contributed by atoms with E-state index in [9.17, 15) is 9.59 Å². The van der Waals surface area contributed by atoms with Crippen LogP contribution in [0.5, 0.6) is 0 Å². The molecule has 1 heterocycles. The van der Waals surface area contributed by atoms with Gasteiger partial charge in [-0.25, -0.2) is 9.59 Å². The van der Waals surface area contributed by atoms with Crippen LogP contribution >= 0.6 is 0 Å². The first-order valence-electron chi connectivity index (χ1n) is 5.58. The molecule has 0 aromatic carbocycles. The molecule has 0 N–H and O–H groups in total. The number of esters is 2. The van der Waals surface area contributed by atoms with E-state index in [1.807, 2.05) is 0 Å². The number of allylic oxidation sites excluding steroid dienone is 2. The highest BCUT2D eigenvalue weighted by Crippen LogP contribution is 2.25. The molecule has 1 aliphatic carbocycles. The van der Waals surface area contributed by atoms with Crippen LogP contribution in [0.25, 0.3) is 0 Å². The van der Waals surface area contributed by atoms with Gasteiger partial charge in [-0.2, -0.15) is 0 Å². The Labute approximate surface area is 109 Å². The Balaban J connectivity index is 2.31. The molecule has 1 atom stereocenters. The lowest BCUT2D eigenvalue weighted by Crippen LogP contribution is -2.34. The van der Waals surface area contributed by atoms with E-state index in [0.29, 0.717) is 11.4 Å². The van der Waals surface area contributed by atoms with Crippen LogP contribution in [-0.2, 0) is 19.1 Å². The third-order valence-electron chi connectivity index (χ3n) is 2.43. The minimum absolute atomic E-state index is 0.173. The van der Waals surface area contributed by atoms with Crippen molar-refractivity contribution in [2.45, 2.75) is 13.0 Å². The number of rotatable bonds is 4. The Bertz CT molecular complexity index is 557. The van der Waals surface area contributed by atoms with Crippen LogP contribution in [0.1, 0.15) is 6.92 Å². The molecule has 0 radical (unpaired) electrons. The molecule has 19 heavy (non-hydrogen) atoms. The zero-order chi connectivity index (χ0) is 13.8. The molecule has 0 saturated heterocycles. The van der Waals surface area contributed by atoms with E-state index in [4.69, 9.17) is 9.47 Å². The molecule has 1 aliphatic heterocycles. The molecule has 0 aromatic heterocycles. The summed E-state index contributed by atoms with van der Waals surface area (Å²) in [6.07, 6.45) is 3.09. The average Bonchev–Trinajstić information content (AvgIpc) is 2.87. The van der Waals surface area contributed by atoms with E-state index in [-0.39, 0.29) is 12.2 Å². The van der Waals surface area contributed by atoms with E-state index in [1.54, 1.807) is 13.0 Å². The summed E-state index contributed by atoms with van der Waals surface area (Å²) in [4.78, 5) is 23.2. The molecule has 0 amide bonds. The molecule has 2 aliphatic rings. The lowest BCUT2D eigenvalue weighted by atomic mass is 9.97. The fourth-order valence-electron chi connectivity index (χ4n) is 1.60. The maximum absolute atomic E-state index is 11.8. The van der Waals surface area contributed by atoms with Crippen molar-refractivity contribution in [1.82, 2.24) is 0 Å². The van der Waals surface area contributed by atoms with Gasteiger partial charge in [-0.1, -0.05) is 6.58 Å². The highest BCUT2D eigenvalue weighted by molar-refractivity contribution is 6.13. The van der Waals surface area contributed by atoms with E-state index < -0.39 is 18.0 Å². The van der Waals surface area contributed by atoms with Gasteiger partial charge in [-0.15, -0.1) is 10.2 Å². The van der Waals surface area contributed by atoms with Gasteiger partial charge < -0.3 is 9.47 Å². The van der Waals surface area contributed by atoms with E-state index in [1.165, 1.54) is 6.08 Å². The normalized spacial score (nSPS) is 19.8. The molecule has 0 fully saturated rings. The SMILES string of the molecule is C=CC(=O)OC1C(C(=O)OCC)=CC=C2N=NN=C21. The molecule has 1 unspecified atom stereocenters. The summed E-state index contributed by atoms with van der Waals surface area (Å²) >= 11 is 0. The van der Waals surface area contributed by atoms with Crippen LogP contribution < -0.4 is 0 Å². The number of hydrogen-bond acceptors (Lipinski definition) is 7. The Hall–Kier alpha value is -2.57. The Morgan fingerprint density at radius 1 is 1.47 bits per heavy atom. The predicted octanol–water partition coefficient (Wildman–Crippen LogP) is 1.29.